The largest absolute Gasteiger partial charge is 0.395 e. The number of aliphatic hydroxyl groups is 1. The van der Waals surface area contributed by atoms with Gasteiger partial charge in [-0.05, 0) is 48.7 Å². The highest BCUT2D eigenvalue weighted by Gasteiger charge is 2.29. The molecule has 1 aliphatic heterocycles. The van der Waals surface area contributed by atoms with Crippen LogP contribution >= 0.6 is 11.6 Å². The Morgan fingerprint density at radius 3 is 2.68 bits per heavy atom. The maximum absolute atomic E-state index is 13.2. The minimum absolute atomic E-state index is 0.00498. The molecule has 31 heavy (non-hydrogen) atoms. The Kier molecular flexibility index (Phi) is 8.90. The summed E-state index contributed by atoms with van der Waals surface area (Å²) in [6.07, 6.45) is 4.32. The zero-order valence-electron chi connectivity index (χ0n) is 17.8. The van der Waals surface area contributed by atoms with E-state index in [0.717, 1.165) is 53.9 Å². The number of nitrogens with zero attached hydrogens (tertiary/aromatic N) is 1. The zero-order chi connectivity index (χ0) is 22.2. The molecular weight excluding hydrogens is 434 g/mol. The van der Waals surface area contributed by atoms with E-state index in [4.69, 9.17) is 16.7 Å². The molecule has 3 rings (SSSR count). The molecule has 0 aliphatic carbocycles. The second-order valence-electron chi connectivity index (χ2n) is 7.61. The summed E-state index contributed by atoms with van der Waals surface area (Å²) in [7, 11) is 0.513. The van der Waals surface area contributed by atoms with Crippen LogP contribution in [0.5, 0.6) is 0 Å². The molecule has 0 bridgehead atoms. The van der Waals surface area contributed by atoms with Crippen LogP contribution in [0, 0.1) is 0 Å². The Hall–Kier alpha value is -1.93. The normalized spacial score (nSPS) is 17.6. The van der Waals surface area contributed by atoms with Crippen molar-refractivity contribution in [1.29, 1.82) is 0 Å². The lowest BCUT2D eigenvalue weighted by Crippen LogP contribution is -2.26. The number of anilines is 1. The van der Waals surface area contributed by atoms with E-state index in [2.05, 4.69) is 16.7 Å². The fourth-order valence-corrected chi connectivity index (χ4v) is 5.33. The molecule has 0 fully saturated rings. The van der Waals surface area contributed by atoms with E-state index in [9.17, 15) is 9.00 Å². The number of rotatable bonds is 10. The van der Waals surface area contributed by atoms with Crippen molar-refractivity contribution in [1.82, 2.24) is 10.6 Å². The van der Waals surface area contributed by atoms with E-state index in [1.807, 2.05) is 37.4 Å². The molecular formula is C23H30ClN3O3S. The average Bonchev–Trinajstić information content (AvgIpc) is 2.86. The van der Waals surface area contributed by atoms with Crippen LogP contribution in [0.3, 0.4) is 0 Å². The van der Waals surface area contributed by atoms with E-state index in [0.29, 0.717) is 18.0 Å². The molecule has 2 aromatic rings. The van der Waals surface area contributed by atoms with Crippen LogP contribution in [0.1, 0.15) is 49.3 Å². The Morgan fingerprint density at radius 2 is 1.87 bits per heavy atom. The van der Waals surface area contributed by atoms with Crippen molar-refractivity contribution in [3.05, 3.63) is 58.6 Å². The van der Waals surface area contributed by atoms with Crippen molar-refractivity contribution in [2.24, 2.45) is 0 Å². The number of aliphatic hydroxyl groups excluding tert-OH is 1. The second-order valence-corrected chi connectivity index (χ2v) is 9.53. The van der Waals surface area contributed by atoms with Gasteiger partial charge < -0.3 is 15.7 Å². The van der Waals surface area contributed by atoms with Crippen molar-refractivity contribution in [3.8, 4) is 0 Å². The zero-order valence-corrected chi connectivity index (χ0v) is 19.3. The van der Waals surface area contributed by atoms with Crippen LogP contribution in [-0.4, -0.2) is 42.0 Å². The van der Waals surface area contributed by atoms with Crippen molar-refractivity contribution in [2.45, 2.75) is 43.0 Å². The molecule has 2 aromatic carbocycles. The monoisotopic (exact) mass is 463 g/mol. The summed E-state index contributed by atoms with van der Waals surface area (Å²) in [6, 6.07) is 13.6. The van der Waals surface area contributed by atoms with Gasteiger partial charge in [0.25, 0.3) is 0 Å². The molecule has 168 valence electrons. The minimum Gasteiger partial charge on any atom is -0.395 e. The molecule has 2 atom stereocenters. The first kappa shape index (κ1) is 23.7. The molecule has 8 heteroatoms. The number of unbranched alkanes of at least 4 members (excludes halogenated alkanes) is 3. The summed E-state index contributed by atoms with van der Waals surface area (Å²) in [4.78, 5) is 12.3. The molecule has 1 heterocycles. The molecule has 0 spiro atoms. The first-order chi connectivity index (χ1) is 15.0. The topological polar surface area (TPSA) is 81.7 Å². The molecule has 3 N–H and O–H groups in total. The van der Waals surface area contributed by atoms with Crippen molar-refractivity contribution >= 4 is 34.2 Å². The summed E-state index contributed by atoms with van der Waals surface area (Å²) in [5, 5.41) is 15.6. The minimum atomic E-state index is -1.33. The maximum Gasteiger partial charge on any atom is 0.220 e. The highest BCUT2D eigenvalue weighted by molar-refractivity contribution is 7.86. The molecule has 0 radical (unpaired) electrons. The SMILES string of the molecule is CN1c2ccccc2C(NCCCCCCC(=O)NCCO)c2ccc(Cl)cc2S1=O. The van der Waals surface area contributed by atoms with Crippen molar-refractivity contribution in [2.75, 3.05) is 31.0 Å². The third-order valence-corrected chi connectivity index (χ3v) is 7.08. The number of amides is 1. The summed E-state index contributed by atoms with van der Waals surface area (Å²) in [6.45, 7) is 1.10. The molecule has 2 unspecified atom stereocenters. The second kappa shape index (κ2) is 11.6. The summed E-state index contributed by atoms with van der Waals surface area (Å²) < 4.78 is 15.0. The van der Waals surface area contributed by atoms with Gasteiger partial charge in [-0.2, -0.15) is 0 Å². The Labute approximate surface area is 191 Å². The van der Waals surface area contributed by atoms with Crippen LogP contribution in [0.4, 0.5) is 5.69 Å². The van der Waals surface area contributed by atoms with Gasteiger partial charge in [0.05, 0.1) is 23.2 Å². The summed E-state index contributed by atoms with van der Waals surface area (Å²) in [5.74, 6) is -0.00498. The third kappa shape index (κ3) is 6.07. The lowest BCUT2D eigenvalue weighted by atomic mass is 9.96. The number of benzene rings is 2. The lowest BCUT2D eigenvalue weighted by molar-refractivity contribution is -0.121. The standard InChI is InChI=1S/C23H30ClN3O3S/c1-27-20-9-6-5-8-18(20)23(19-12-11-17(24)16-21(19)31(27)30)26-13-7-3-2-4-10-22(29)25-14-15-28/h5-6,8-9,11-12,16,23,26,28H,2-4,7,10,13-15H2,1H3,(H,25,29). The number of carbonyl (C=O) groups is 1. The van der Waals surface area contributed by atoms with E-state index < -0.39 is 11.0 Å². The Bertz CT molecular complexity index is 925. The highest BCUT2D eigenvalue weighted by atomic mass is 35.5. The molecule has 0 saturated heterocycles. The molecule has 0 aromatic heterocycles. The van der Waals surface area contributed by atoms with Gasteiger partial charge >= 0.3 is 0 Å². The third-order valence-electron chi connectivity index (χ3n) is 5.42. The number of fused-ring (bicyclic) bond motifs is 2. The first-order valence-corrected chi connectivity index (χ1v) is 12.2. The number of hydrogen-bond donors (Lipinski definition) is 3. The number of halogens is 1. The fourth-order valence-electron chi connectivity index (χ4n) is 3.83. The van der Waals surface area contributed by atoms with Crippen LogP contribution in [0.25, 0.3) is 0 Å². The van der Waals surface area contributed by atoms with Gasteiger partial charge in [0.15, 0.2) is 11.0 Å². The maximum atomic E-state index is 13.2. The predicted molar refractivity (Wildman–Crippen MR) is 126 cm³/mol. The van der Waals surface area contributed by atoms with Gasteiger partial charge in [-0.3, -0.25) is 9.10 Å². The van der Waals surface area contributed by atoms with E-state index in [1.165, 1.54) is 0 Å². The van der Waals surface area contributed by atoms with Gasteiger partial charge in [0, 0.05) is 25.0 Å². The quantitative estimate of drug-likeness (QED) is 0.470. The Morgan fingerprint density at radius 1 is 1.10 bits per heavy atom. The predicted octanol–water partition coefficient (Wildman–Crippen LogP) is 3.55. The smallest absolute Gasteiger partial charge is 0.220 e. The number of carbonyl (C=O) groups excluding carboxylic acids is 1. The summed E-state index contributed by atoms with van der Waals surface area (Å²) >= 11 is 6.21. The first-order valence-electron chi connectivity index (χ1n) is 10.7. The van der Waals surface area contributed by atoms with E-state index in [1.54, 1.807) is 10.4 Å². The number of nitrogens with one attached hydrogen (secondary N) is 2. The number of hydrogen-bond acceptors (Lipinski definition) is 4. The van der Waals surface area contributed by atoms with Crippen LogP contribution < -0.4 is 14.9 Å². The average molecular weight is 464 g/mol. The lowest BCUT2D eigenvalue weighted by Gasteiger charge is -2.22. The van der Waals surface area contributed by atoms with Gasteiger partial charge in [-0.25, -0.2) is 4.21 Å². The van der Waals surface area contributed by atoms with Gasteiger partial charge in [-0.15, -0.1) is 0 Å². The van der Waals surface area contributed by atoms with Gasteiger partial charge in [0.2, 0.25) is 5.91 Å². The molecule has 1 aliphatic rings. The highest BCUT2D eigenvalue weighted by Crippen LogP contribution is 2.39. The fraction of sp³-hybridized carbons (Fsp3) is 0.435. The summed E-state index contributed by atoms with van der Waals surface area (Å²) in [5.41, 5.74) is 3.03. The molecule has 1 amide bonds. The number of para-hydroxylation sites is 1. The van der Waals surface area contributed by atoms with E-state index >= 15 is 0 Å². The molecule has 0 saturated carbocycles. The van der Waals surface area contributed by atoms with Crippen LogP contribution in [0.2, 0.25) is 5.02 Å². The van der Waals surface area contributed by atoms with Crippen LogP contribution in [0.15, 0.2) is 47.4 Å². The Balaban J connectivity index is 1.62. The van der Waals surface area contributed by atoms with Crippen LogP contribution in [-0.2, 0) is 15.8 Å². The van der Waals surface area contributed by atoms with Crippen molar-refractivity contribution in [3.63, 3.8) is 0 Å². The van der Waals surface area contributed by atoms with Crippen molar-refractivity contribution < 1.29 is 14.1 Å². The van der Waals surface area contributed by atoms with Gasteiger partial charge in [-0.1, -0.05) is 48.7 Å². The van der Waals surface area contributed by atoms with Gasteiger partial charge in [0.1, 0.15) is 0 Å². The molecule has 6 nitrogen and oxygen atoms in total. The van der Waals surface area contributed by atoms with E-state index in [-0.39, 0.29) is 18.6 Å².